The van der Waals surface area contributed by atoms with Crippen LogP contribution >= 0.6 is 0 Å². The van der Waals surface area contributed by atoms with E-state index >= 15 is 0 Å². The van der Waals surface area contributed by atoms with Gasteiger partial charge in [-0.2, -0.15) is 5.26 Å². The first kappa shape index (κ1) is 13.7. The molecule has 4 nitrogen and oxygen atoms in total. The van der Waals surface area contributed by atoms with Crippen molar-refractivity contribution in [2.45, 2.75) is 32.6 Å². The summed E-state index contributed by atoms with van der Waals surface area (Å²) in [6.07, 6.45) is 4.60. The van der Waals surface area contributed by atoms with E-state index in [1.54, 1.807) is 0 Å². The topological polar surface area (TPSA) is 57.2 Å². The fraction of sp³-hybridized carbons (Fsp3) is 0.412. The fourth-order valence-corrected chi connectivity index (χ4v) is 3.02. The van der Waals surface area contributed by atoms with Crippen molar-refractivity contribution in [3.63, 3.8) is 0 Å². The Labute approximate surface area is 123 Å². The molecule has 3 rings (SSSR count). The predicted molar refractivity (Wildman–Crippen MR) is 82.6 cm³/mol. The largest absolute Gasteiger partial charge is 0.422 e. The zero-order chi connectivity index (χ0) is 14.8. The molecular weight excluding hydrogens is 264 g/mol. The number of fused-ring (bicyclic) bond motifs is 1. The summed E-state index contributed by atoms with van der Waals surface area (Å²) in [6, 6.07) is 7.78. The van der Waals surface area contributed by atoms with E-state index in [0.29, 0.717) is 5.58 Å². The van der Waals surface area contributed by atoms with Crippen molar-refractivity contribution < 1.29 is 4.42 Å². The highest BCUT2D eigenvalue weighted by atomic mass is 16.4. The van der Waals surface area contributed by atoms with Crippen molar-refractivity contribution in [3.05, 3.63) is 39.7 Å². The maximum atomic E-state index is 12.1. The third kappa shape index (κ3) is 2.52. The van der Waals surface area contributed by atoms with E-state index in [2.05, 4.69) is 4.90 Å². The molecule has 2 aromatic rings. The van der Waals surface area contributed by atoms with E-state index in [1.165, 1.54) is 12.8 Å². The second-order valence-electron chi connectivity index (χ2n) is 5.63. The Morgan fingerprint density at radius 2 is 1.90 bits per heavy atom. The van der Waals surface area contributed by atoms with E-state index in [-0.39, 0.29) is 5.56 Å². The van der Waals surface area contributed by atoms with Crippen molar-refractivity contribution in [1.82, 2.24) is 0 Å². The summed E-state index contributed by atoms with van der Waals surface area (Å²) in [6.45, 7) is 3.78. The maximum Gasteiger partial charge on any atom is 0.356 e. The van der Waals surface area contributed by atoms with E-state index in [0.717, 1.165) is 42.6 Å². The van der Waals surface area contributed by atoms with Gasteiger partial charge in [-0.05, 0) is 31.9 Å². The average molecular weight is 282 g/mol. The van der Waals surface area contributed by atoms with E-state index in [1.807, 2.05) is 31.2 Å². The summed E-state index contributed by atoms with van der Waals surface area (Å²) >= 11 is 0. The zero-order valence-corrected chi connectivity index (χ0v) is 12.2. The van der Waals surface area contributed by atoms with Crippen LogP contribution in [0, 0.1) is 18.3 Å². The van der Waals surface area contributed by atoms with Gasteiger partial charge in [0.2, 0.25) is 0 Å². The summed E-state index contributed by atoms with van der Waals surface area (Å²) in [5.74, 6) is 0. The number of nitriles is 1. The van der Waals surface area contributed by atoms with Crippen molar-refractivity contribution in [2.75, 3.05) is 18.0 Å². The van der Waals surface area contributed by atoms with Gasteiger partial charge in [0, 0.05) is 18.5 Å². The molecular formula is C17H18N2O2. The standard InChI is InChI=1S/C17H18N2O2/c1-12-6-7-15-13(10-12)16(14(11-18)17(20)21-15)19-8-4-2-3-5-9-19/h6-7,10H,2-5,8-9H2,1H3. The van der Waals surface area contributed by atoms with Crippen LogP contribution in [0.1, 0.15) is 36.8 Å². The lowest BCUT2D eigenvalue weighted by Crippen LogP contribution is -2.27. The number of nitrogens with zero attached hydrogens (tertiary/aromatic N) is 2. The number of anilines is 1. The summed E-state index contributed by atoms with van der Waals surface area (Å²) in [5.41, 5.74) is 2.01. The highest BCUT2D eigenvalue weighted by molar-refractivity contribution is 5.93. The zero-order valence-electron chi connectivity index (χ0n) is 12.2. The van der Waals surface area contributed by atoms with Crippen molar-refractivity contribution in [3.8, 4) is 6.07 Å². The van der Waals surface area contributed by atoms with Gasteiger partial charge in [0.25, 0.3) is 0 Å². The van der Waals surface area contributed by atoms with Crippen LogP contribution in [0.4, 0.5) is 5.69 Å². The van der Waals surface area contributed by atoms with E-state index < -0.39 is 5.63 Å². The van der Waals surface area contributed by atoms with E-state index in [4.69, 9.17) is 4.42 Å². The lowest BCUT2D eigenvalue weighted by molar-refractivity contribution is 0.557. The molecule has 1 aromatic carbocycles. The molecule has 0 radical (unpaired) electrons. The number of benzene rings is 1. The van der Waals surface area contributed by atoms with Gasteiger partial charge in [-0.3, -0.25) is 0 Å². The molecule has 0 saturated carbocycles. The molecule has 108 valence electrons. The molecule has 0 atom stereocenters. The normalized spacial score (nSPS) is 15.7. The third-order valence-electron chi connectivity index (χ3n) is 4.07. The van der Waals surface area contributed by atoms with Crippen LogP contribution in [0.3, 0.4) is 0 Å². The van der Waals surface area contributed by atoms with Crippen LogP contribution < -0.4 is 10.5 Å². The molecule has 1 aliphatic heterocycles. The Morgan fingerprint density at radius 1 is 1.19 bits per heavy atom. The van der Waals surface area contributed by atoms with Gasteiger partial charge >= 0.3 is 5.63 Å². The molecule has 0 aliphatic carbocycles. The second kappa shape index (κ2) is 5.61. The molecule has 1 aromatic heterocycles. The lowest BCUT2D eigenvalue weighted by atomic mass is 10.1. The van der Waals surface area contributed by atoms with Crippen molar-refractivity contribution in [1.29, 1.82) is 5.26 Å². The molecule has 0 amide bonds. The predicted octanol–water partition coefficient (Wildman–Crippen LogP) is 3.35. The molecule has 21 heavy (non-hydrogen) atoms. The summed E-state index contributed by atoms with van der Waals surface area (Å²) < 4.78 is 5.30. The quantitative estimate of drug-likeness (QED) is 0.753. The first-order chi connectivity index (χ1) is 10.2. The number of rotatable bonds is 1. The summed E-state index contributed by atoms with van der Waals surface area (Å²) in [7, 11) is 0. The molecule has 2 heterocycles. The molecule has 0 N–H and O–H groups in total. The van der Waals surface area contributed by atoms with Crippen molar-refractivity contribution in [2.24, 2.45) is 0 Å². The van der Waals surface area contributed by atoms with Crippen LogP contribution in [0.2, 0.25) is 0 Å². The molecule has 1 saturated heterocycles. The minimum atomic E-state index is -0.534. The molecule has 4 heteroatoms. The highest BCUT2D eigenvalue weighted by Gasteiger charge is 2.21. The minimum absolute atomic E-state index is 0.134. The van der Waals surface area contributed by atoms with Crippen LogP contribution in [0.5, 0.6) is 0 Å². The molecule has 1 aliphatic rings. The Hall–Kier alpha value is -2.28. The Morgan fingerprint density at radius 3 is 2.57 bits per heavy atom. The summed E-state index contributed by atoms with van der Waals surface area (Å²) in [5, 5.41) is 10.3. The van der Waals surface area contributed by atoms with Gasteiger partial charge < -0.3 is 9.32 Å². The van der Waals surface area contributed by atoms with Crippen molar-refractivity contribution >= 4 is 16.7 Å². The third-order valence-corrected chi connectivity index (χ3v) is 4.07. The number of aryl methyl sites for hydroxylation is 1. The van der Waals surface area contributed by atoms with Crippen LogP contribution in [0.25, 0.3) is 11.0 Å². The Bertz CT molecular complexity index is 763. The summed E-state index contributed by atoms with van der Waals surface area (Å²) in [4.78, 5) is 14.3. The average Bonchev–Trinajstić information content (AvgIpc) is 2.75. The lowest BCUT2D eigenvalue weighted by Gasteiger charge is -2.24. The molecule has 1 fully saturated rings. The Balaban J connectivity index is 2.28. The first-order valence-corrected chi connectivity index (χ1v) is 7.43. The van der Waals surface area contributed by atoms with Gasteiger partial charge in [0.05, 0.1) is 5.69 Å². The number of hydrogen-bond acceptors (Lipinski definition) is 4. The highest BCUT2D eigenvalue weighted by Crippen LogP contribution is 2.31. The molecule has 0 spiro atoms. The second-order valence-corrected chi connectivity index (χ2v) is 5.63. The van der Waals surface area contributed by atoms with Gasteiger partial charge in [-0.1, -0.05) is 24.5 Å². The monoisotopic (exact) mass is 282 g/mol. The van der Waals surface area contributed by atoms with Gasteiger partial charge in [0.15, 0.2) is 5.56 Å². The Kier molecular flexibility index (Phi) is 3.66. The molecule has 0 unspecified atom stereocenters. The maximum absolute atomic E-state index is 12.1. The van der Waals surface area contributed by atoms with Gasteiger partial charge in [-0.15, -0.1) is 0 Å². The minimum Gasteiger partial charge on any atom is -0.422 e. The van der Waals surface area contributed by atoms with Crippen LogP contribution in [-0.4, -0.2) is 13.1 Å². The van der Waals surface area contributed by atoms with Gasteiger partial charge in [0.1, 0.15) is 11.7 Å². The van der Waals surface area contributed by atoms with E-state index in [9.17, 15) is 10.1 Å². The smallest absolute Gasteiger partial charge is 0.356 e. The van der Waals surface area contributed by atoms with Crippen LogP contribution in [0.15, 0.2) is 27.4 Å². The van der Waals surface area contributed by atoms with Gasteiger partial charge in [-0.25, -0.2) is 4.79 Å². The fourth-order valence-electron chi connectivity index (χ4n) is 3.02. The molecule has 0 bridgehead atoms. The van der Waals surface area contributed by atoms with Crippen LogP contribution in [-0.2, 0) is 0 Å². The number of hydrogen-bond donors (Lipinski definition) is 0. The first-order valence-electron chi connectivity index (χ1n) is 7.43. The SMILES string of the molecule is Cc1ccc2oc(=O)c(C#N)c(N3CCCCCC3)c2c1.